The summed E-state index contributed by atoms with van der Waals surface area (Å²) in [6.07, 6.45) is 0. The van der Waals surface area contributed by atoms with Crippen LogP contribution in [-0.4, -0.2) is 16.1 Å². The number of hydrogen-bond acceptors (Lipinski definition) is 3. The number of nitrogens with zero attached hydrogens (tertiary/aromatic N) is 1. The van der Waals surface area contributed by atoms with Gasteiger partial charge in [0.25, 0.3) is 0 Å². The number of thiocarbonyl (C=S) groups is 1. The summed E-state index contributed by atoms with van der Waals surface area (Å²) < 4.78 is 0.488. The lowest BCUT2D eigenvalue weighted by atomic mass is 11.0. The van der Waals surface area contributed by atoms with Crippen molar-refractivity contribution in [2.75, 3.05) is 5.75 Å². The van der Waals surface area contributed by atoms with Gasteiger partial charge in [-0.1, -0.05) is 18.7 Å². The van der Waals surface area contributed by atoms with E-state index in [4.69, 9.17) is 5.41 Å². The van der Waals surface area contributed by atoms with Crippen LogP contribution < -0.4 is 0 Å². The zero-order valence-electron chi connectivity index (χ0n) is 4.47. The summed E-state index contributed by atoms with van der Waals surface area (Å²) in [5.74, 6) is 0.907. The van der Waals surface area contributed by atoms with E-state index in [1.54, 1.807) is 0 Å². The second kappa shape index (κ2) is 4.97. The molecule has 8 heavy (non-hydrogen) atoms. The Balaban J connectivity index is 3.49. The normalized spacial score (nSPS) is 7.62. The SMILES string of the molecule is CCSC(=S)N=C=N. The molecule has 0 aromatic carbocycles. The number of rotatable bonds is 1. The lowest BCUT2D eigenvalue weighted by Crippen LogP contribution is -1.79. The topological polar surface area (TPSA) is 36.2 Å². The zero-order chi connectivity index (χ0) is 6.41. The lowest BCUT2D eigenvalue weighted by Gasteiger charge is -1.85. The van der Waals surface area contributed by atoms with Crippen LogP contribution in [0.1, 0.15) is 6.92 Å². The van der Waals surface area contributed by atoms with Crippen molar-refractivity contribution < 1.29 is 0 Å². The van der Waals surface area contributed by atoms with Gasteiger partial charge in [0, 0.05) is 0 Å². The fourth-order valence-corrected chi connectivity index (χ4v) is 0.958. The van der Waals surface area contributed by atoms with Crippen molar-refractivity contribution in [1.82, 2.24) is 0 Å². The fourth-order valence-electron chi connectivity index (χ4n) is 0.201. The van der Waals surface area contributed by atoms with Crippen molar-refractivity contribution >= 4 is 34.3 Å². The van der Waals surface area contributed by atoms with E-state index in [0.717, 1.165) is 5.75 Å². The van der Waals surface area contributed by atoms with E-state index >= 15 is 0 Å². The minimum absolute atomic E-state index is 0.488. The average Bonchev–Trinajstić information content (AvgIpc) is 1.68. The predicted molar refractivity (Wildman–Crippen MR) is 40.9 cm³/mol. The van der Waals surface area contributed by atoms with Gasteiger partial charge in [-0.3, -0.25) is 0 Å². The van der Waals surface area contributed by atoms with Crippen molar-refractivity contribution in [3.63, 3.8) is 0 Å². The van der Waals surface area contributed by atoms with E-state index in [-0.39, 0.29) is 0 Å². The quantitative estimate of drug-likeness (QED) is 0.452. The molecule has 0 aromatic heterocycles. The molecule has 0 fully saturated rings. The molecular weight excluding hydrogens is 140 g/mol. The van der Waals surface area contributed by atoms with Crippen LogP contribution in [0.4, 0.5) is 0 Å². The second-order valence-electron chi connectivity index (χ2n) is 0.923. The van der Waals surface area contributed by atoms with Crippen LogP contribution in [-0.2, 0) is 0 Å². The van der Waals surface area contributed by atoms with Crippen LogP contribution >= 0.6 is 24.0 Å². The smallest absolute Gasteiger partial charge is 0.171 e. The molecule has 0 unspecified atom stereocenters. The van der Waals surface area contributed by atoms with Gasteiger partial charge in [0.2, 0.25) is 0 Å². The molecule has 0 aliphatic rings. The molecule has 0 rings (SSSR count). The van der Waals surface area contributed by atoms with Crippen LogP contribution in [0.2, 0.25) is 0 Å². The summed E-state index contributed by atoms with van der Waals surface area (Å²) >= 11 is 6.10. The highest BCUT2D eigenvalue weighted by Gasteiger charge is 1.86. The third-order valence-electron chi connectivity index (χ3n) is 0.415. The van der Waals surface area contributed by atoms with Crippen molar-refractivity contribution in [2.45, 2.75) is 6.92 Å². The summed E-state index contributed by atoms with van der Waals surface area (Å²) in [5, 5.41) is 6.39. The Kier molecular flexibility index (Phi) is 4.85. The molecule has 0 heterocycles. The largest absolute Gasteiger partial charge is 0.241 e. The first-order valence-corrected chi connectivity index (χ1v) is 3.50. The van der Waals surface area contributed by atoms with Gasteiger partial charge in [-0.05, 0) is 18.0 Å². The summed E-state index contributed by atoms with van der Waals surface area (Å²) in [6, 6.07) is 1.87. The second-order valence-corrected chi connectivity index (χ2v) is 2.82. The molecule has 0 bridgehead atoms. The summed E-state index contributed by atoms with van der Waals surface area (Å²) in [6.45, 7) is 1.98. The van der Waals surface area contributed by atoms with Gasteiger partial charge in [-0.15, -0.1) is 0 Å². The van der Waals surface area contributed by atoms with E-state index in [0.29, 0.717) is 4.32 Å². The van der Waals surface area contributed by atoms with E-state index in [2.05, 4.69) is 17.2 Å². The highest BCUT2D eigenvalue weighted by molar-refractivity contribution is 8.23. The van der Waals surface area contributed by atoms with Crippen LogP contribution in [0.5, 0.6) is 0 Å². The van der Waals surface area contributed by atoms with Gasteiger partial charge >= 0.3 is 0 Å². The molecule has 0 amide bonds. The van der Waals surface area contributed by atoms with Gasteiger partial charge < -0.3 is 0 Å². The van der Waals surface area contributed by atoms with Gasteiger partial charge in [-0.2, -0.15) is 4.99 Å². The maximum atomic E-state index is 6.39. The molecule has 0 aliphatic carbocycles. The molecule has 0 spiro atoms. The Morgan fingerprint density at radius 2 is 2.62 bits per heavy atom. The maximum absolute atomic E-state index is 6.39. The van der Waals surface area contributed by atoms with Crippen LogP contribution in [0.3, 0.4) is 0 Å². The molecule has 0 saturated carbocycles. The first-order valence-electron chi connectivity index (χ1n) is 2.10. The van der Waals surface area contributed by atoms with Gasteiger partial charge in [0.05, 0.1) is 6.01 Å². The van der Waals surface area contributed by atoms with Gasteiger partial charge in [0.1, 0.15) is 0 Å². The molecule has 0 saturated heterocycles. The Labute approximate surface area is 57.9 Å². The van der Waals surface area contributed by atoms with E-state index in [1.165, 1.54) is 11.8 Å². The van der Waals surface area contributed by atoms with E-state index in [9.17, 15) is 0 Å². The summed E-state index contributed by atoms with van der Waals surface area (Å²) in [4.78, 5) is 3.43. The molecule has 44 valence electrons. The Hall–Kier alpha value is -0.180. The van der Waals surface area contributed by atoms with Crippen LogP contribution in [0.25, 0.3) is 0 Å². The molecule has 0 atom stereocenters. The van der Waals surface area contributed by atoms with Crippen molar-refractivity contribution in [3.05, 3.63) is 0 Å². The van der Waals surface area contributed by atoms with Crippen molar-refractivity contribution in [3.8, 4) is 0 Å². The first kappa shape index (κ1) is 7.82. The number of nitrogens with one attached hydrogen (secondary N) is 1. The number of hydrogen-bond donors (Lipinski definition) is 1. The number of aliphatic imine (C=N–C) groups is 1. The third-order valence-corrected chi connectivity index (χ3v) is 1.49. The van der Waals surface area contributed by atoms with E-state index in [1.807, 2.05) is 12.9 Å². The fraction of sp³-hybridized carbons (Fsp3) is 0.500. The molecule has 1 N–H and O–H groups in total. The van der Waals surface area contributed by atoms with Crippen molar-refractivity contribution in [2.24, 2.45) is 4.99 Å². The Morgan fingerprint density at radius 1 is 2.00 bits per heavy atom. The lowest BCUT2D eigenvalue weighted by molar-refractivity contribution is 1.53. The highest BCUT2D eigenvalue weighted by Crippen LogP contribution is 2.02. The maximum Gasteiger partial charge on any atom is 0.171 e. The summed E-state index contributed by atoms with van der Waals surface area (Å²) in [7, 11) is 0. The third kappa shape index (κ3) is 3.99. The molecule has 0 radical (unpaired) electrons. The Morgan fingerprint density at radius 3 is 3.00 bits per heavy atom. The average molecular weight is 146 g/mol. The molecule has 0 aromatic rings. The monoisotopic (exact) mass is 146 g/mol. The minimum Gasteiger partial charge on any atom is -0.241 e. The van der Waals surface area contributed by atoms with Crippen LogP contribution in [0, 0.1) is 5.41 Å². The summed E-state index contributed by atoms with van der Waals surface area (Å²) in [5.41, 5.74) is 0. The highest BCUT2D eigenvalue weighted by atomic mass is 32.2. The minimum atomic E-state index is 0.488. The van der Waals surface area contributed by atoms with Crippen LogP contribution in [0.15, 0.2) is 4.99 Å². The van der Waals surface area contributed by atoms with Gasteiger partial charge in [0.15, 0.2) is 4.32 Å². The van der Waals surface area contributed by atoms with Gasteiger partial charge in [-0.25, -0.2) is 5.41 Å². The zero-order valence-corrected chi connectivity index (χ0v) is 6.10. The van der Waals surface area contributed by atoms with Crippen molar-refractivity contribution in [1.29, 1.82) is 5.41 Å². The molecule has 4 heteroatoms. The number of thioether (sulfide) groups is 1. The van der Waals surface area contributed by atoms with E-state index < -0.39 is 0 Å². The molecule has 0 aliphatic heterocycles. The first-order chi connectivity index (χ1) is 3.81. The predicted octanol–water partition coefficient (Wildman–Crippen LogP) is 1.78. The Bertz CT molecular complexity index is 126. The molecule has 2 nitrogen and oxygen atoms in total. The molecular formula is C4H6N2S2. The standard InChI is InChI=1S/C4H6N2S2/c1-2-8-4(7)6-3-5/h5H,2H2,1H3.